The van der Waals surface area contributed by atoms with E-state index < -0.39 is 11.9 Å². The lowest BCUT2D eigenvalue weighted by Crippen LogP contribution is -2.63. The summed E-state index contributed by atoms with van der Waals surface area (Å²) in [5.41, 5.74) is 0.252. The Morgan fingerprint density at radius 2 is 1.95 bits per heavy atom. The number of hydrogen-bond donors (Lipinski definition) is 1. The van der Waals surface area contributed by atoms with Gasteiger partial charge in [0.1, 0.15) is 17.9 Å². The number of carbonyl (C=O) groups excluding carboxylic acids is 1. The van der Waals surface area contributed by atoms with Crippen LogP contribution in [0.2, 0.25) is 0 Å². The Labute approximate surface area is 261 Å². The Hall–Kier alpha value is -2.93. The molecule has 3 heterocycles. The van der Waals surface area contributed by atoms with E-state index in [2.05, 4.69) is 43.7 Å². The Bertz CT molecular complexity index is 1240. The van der Waals surface area contributed by atoms with E-state index in [9.17, 15) is 14.3 Å². The van der Waals surface area contributed by atoms with Crippen LogP contribution in [0.5, 0.6) is 11.6 Å². The van der Waals surface area contributed by atoms with Crippen molar-refractivity contribution in [3.05, 3.63) is 35.9 Å². The Balaban J connectivity index is 1.43. The summed E-state index contributed by atoms with van der Waals surface area (Å²) in [5.74, 6) is 0.279. The molecule has 1 aromatic heterocycles. The standard InChI is InChI=1S/C32H50FN7O4/c1-8-26(23(5)27(41)17-37(6)14-15-43-7)39-19-32(20-39)12-13-38(18-32)29-30(36-35-21-34-29)44-28-11-10-24(33)16-25(28)31(42)40(9-2)22(3)4/h10-11,16,21-23,26-27,41H,8-9,12-15,17-20H2,1-7H3/t23?,26-,27+/m1/s1. The minimum absolute atomic E-state index is 0.0546. The van der Waals surface area contributed by atoms with Crippen LogP contribution in [-0.2, 0) is 4.74 Å². The summed E-state index contributed by atoms with van der Waals surface area (Å²) >= 11 is 0. The largest absolute Gasteiger partial charge is 0.434 e. The number of hydrogen-bond acceptors (Lipinski definition) is 10. The van der Waals surface area contributed by atoms with Crippen LogP contribution in [0.3, 0.4) is 0 Å². The fourth-order valence-electron chi connectivity index (χ4n) is 6.77. The Kier molecular flexibility index (Phi) is 11.5. The van der Waals surface area contributed by atoms with Crippen LogP contribution < -0.4 is 9.64 Å². The molecule has 1 N–H and O–H groups in total. The fraction of sp³-hybridized carbons (Fsp3) is 0.688. The molecule has 2 aromatic rings. The third kappa shape index (κ3) is 7.64. The molecule has 44 heavy (non-hydrogen) atoms. The summed E-state index contributed by atoms with van der Waals surface area (Å²) < 4.78 is 25.6. The molecule has 1 amide bonds. The highest BCUT2D eigenvalue weighted by molar-refractivity contribution is 5.97. The second kappa shape index (κ2) is 14.9. The molecule has 3 atom stereocenters. The number of likely N-dealkylation sites (tertiary alicyclic amines) is 1. The molecule has 12 heteroatoms. The first kappa shape index (κ1) is 34.0. The highest BCUT2D eigenvalue weighted by Gasteiger charge is 2.51. The van der Waals surface area contributed by atoms with Crippen molar-refractivity contribution in [2.24, 2.45) is 11.3 Å². The number of nitrogens with zero attached hydrogens (tertiary/aromatic N) is 7. The predicted octanol–water partition coefficient (Wildman–Crippen LogP) is 3.54. The van der Waals surface area contributed by atoms with Crippen LogP contribution in [0.15, 0.2) is 24.5 Å². The Morgan fingerprint density at radius 3 is 2.61 bits per heavy atom. The summed E-state index contributed by atoms with van der Waals surface area (Å²) in [6, 6.07) is 4.18. The summed E-state index contributed by atoms with van der Waals surface area (Å²) in [5, 5.41) is 19.2. The molecule has 2 saturated heterocycles. The van der Waals surface area contributed by atoms with E-state index in [-0.39, 0.29) is 40.5 Å². The molecule has 244 valence electrons. The number of benzene rings is 1. The normalized spacial score (nSPS) is 18.5. The molecule has 0 aliphatic carbocycles. The van der Waals surface area contributed by atoms with E-state index in [0.717, 1.165) is 45.6 Å². The van der Waals surface area contributed by atoms with Gasteiger partial charge in [-0.15, -0.1) is 10.2 Å². The van der Waals surface area contributed by atoms with Crippen molar-refractivity contribution >= 4 is 11.7 Å². The summed E-state index contributed by atoms with van der Waals surface area (Å²) in [6.45, 7) is 16.1. The lowest BCUT2D eigenvalue weighted by atomic mass is 9.76. The van der Waals surface area contributed by atoms with Crippen molar-refractivity contribution in [1.29, 1.82) is 0 Å². The minimum atomic E-state index is -0.514. The lowest BCUT2D eigenvalue weighted by Gasteiger charge is -2.53. The van der Waals surface area contributed by atoms with Gasteiger partial charge in [0.25, 0.3) is 11.8 Å². The van der Waals surface area contributed by atoms with E-state index >= 15 is 0 Å². The molecular formula is C32H50FN7O4. The van der Waals surface area contributed by atoms with E-state index in [1.807, 2.05) is 27.8 Å². The zero-order valence-corrected chi connectivity index (χ0v) is 27.4. The van der Waals surface area contributed by atoms with Crippen molar-refractivity contribution in [1.82, 2.24) is 29.9 Å². The lowest BCUT2D eigenvalue weighted by molar-refractivity contribution is -0.0598. The molecule has 11 nitrogen and oxygen atoms in total. The van der Waals surface area contributed by atoms with Crippen molar-refractivity contribution < 1.29 is 23.8 Å². The number of amides is 1. The van der Waals surface area contributed by atoms with Gasteiger partial charge in [0.15, 0.2) is 5.82 Å². The topological polar surface area (TPSA) is 107 Å². The number of aliphatic hydroxyl groups excluding tert-OH is 1. The maximum absolute atomic E-state index is 14.3. The first-order valence-corrected chi connectivity index (χ1v) is 15.8. The van der Waals surface area contributed by atoms with Gasteiger partial charge in [0.2, 0.25) is 0 Å². The molecule has 1 spiro atoms. The minimum Gasteiger partial charge on any atom is -0.434 e. The van der Waals surface area contributed by atoms with Crippen LogP contribution in [0.1, 0.15) is 57.8 Å². The zero-order chi connectivity index (χ0) is 32.0. The molecule has 2 aliphatic rings. The van der Waals surface area contributed by atoms with Gasteiger partial charge in [-0.2, -0.15) is 0 Å². The number of halogens is 1. The average Bonchev–Trinajstić information content (AvgIpc) is 3.43. The number of rotatable bonds is 15. The highest BCUT2D eigenvalue weighted by Crippen LogP contribution is 2.44. The number of aliphatic hydroxyl groups is 1. The van der Waals surface area contributed by atoms with Crippen LogP contribution in [-0.4, -0.2) is 126 Å². The number of likely N-dealkylation sites (N-methyl/N-ethyl adjacent to an activating group) is 1. The van der Waals surface area contributed by atoms with E-state index in [4.69, 9.17) is 9.47 Å². The molecule has 2 fully saturated rings. The number of anilines is 1. The van der Waals surface area contributed by atoms with Crippen LogP contribution >= 0.6 is 0 Å². The van der Waals surface area contributed by atoms with Gasteiger partial charge in [0.05, 0.1) is 18.3 Å². The quantitative estimate of drug-likeness (QED) is 0.320. The van der Waals surface area contributed by atoms with Crippen molar-refractivity contribution in [2.45, 2.75) is 65.6 Å². The smallest absolute Gasteiger partial charge is 0.282 e. The van der Waals surface area contributed by atoms with Gasteiger partial charge in [-0.25, -0.2) is 9.37 Å². The van der Waals surface area contributed by atoms with Gasteiger partial charge < -0.3 is 29.3 Å². The highest BCUT2D eigenvalue weighted by atomic mass is 19.1. The third-order valence-corrected chi connectivity index (χ3v) is 9.27. The first-order chi connectivity index (χ1) is 21.0. The second-order valence-corrected chi connectivity index (χ2v) is 12.7. The predicted molar refractivity (Wildman–Crippen MR) is 168 cm³/mol. The monoisotopic (exact) mass is 615 g/mol. The van der Waals surface area contributed by atoms with E-state index in [0.29, 0.717) is 31.6 Å². The summed E-state index contributed by atoms with van der Waals surface area (Å²) in [4.78, 5) is 26.3. The van der Waals surface area contributed by atoms with Gasteiger partial charge in [0, 0.05) is 70.4 Å². The number of ether oxygens (including phenoxy) is 2. The molecule has 1 unspecified atom stereocenters. The molecule has 0 bridgehead atoms. The van der Waals surface area contributed by atoms with Gasteiger partial charge >= 0.3 is 0 Å². The number of methoxy groups -OCH3 is 1. The van der Waals surface area contributed by atoms with Crippen molar-refractivity contribution in [3.63, 3.8) is 0 Å². The average molecular weight is 616 g/mol. The van der Waals surface area contributed by atoms with Crippen LogP contribution in [0.25, 0.3) is 0 Å². The van der Waals surface area contributed by atoms with Crippen LogP contribution in [0.4, 0.5) is 10.2 Å². The second-order valence-electron chi connectivity index (χ2n) is 12.7. The summed E-state index contributed by atoms with van der Waals surface area (Å²) in [6.07, 6.45) is 2.95. The molecular weight excluding hydrogens is 565 g/mol. The SMILES string of the molecule is CC[C@H](C(C)[C@@H](O)CN(C)CCOC)N1CC2(CCN(c3ncnnc3Oc3ccc(F)cc3C(=O)N(CC)C(C)C)C2)C1. The Morgan fingerprint density at radius 1 is 1.20 bits per heavy atom. The molecule has 1 aromatic carbocycles. The fourth-order valence-corrected chi connectivity index (χ4v) is 6.77. The number of carbonyl (C=O) groups is 1. The maximum atomic E-state index is 14.3. The summed E-state index contributed by atoms with van der Waals surface area (Å²) in [7, 11) is 3.71. The molecule has 4 rings (SSSR count). The van der Waals surface area contributed by atoms with Crippen molar-refractivity contribution in [3.8, 4) is 11.6 Å². The maximum Gasteiger partial charge on any atom is 0.282 e. The first-order valence-electron chi connectivity index (χ1n) is 15.8. The molecule has 2 aliphatic heterocycles. The number of aromatic nitrogens is 3. The van der Waals surface area contributed by atoms with E-state index in [1.54, 1.807) is 12.0 Å². The van der Waals surface area contributed by atoms with Gasteiger partial charge in [-0.3, -0.25) is 9.69 Å². The van der Waals surface area contributed by atoms with Gasteiger partial charge in [-0.05, 0) is 64.8 Å². The third-order valence-electron chi connectivity index (χ3n) is 9.27. The zero-order valence-electron chi connectivity index (χ0n) is 27.4. The molecule has 0 radical (unpaired) electrons. The van der Waals surface area contributed by atoms with Crippen molar-refractivity contribution in [2.75, 3.05) is 71.5 Å². The van der Waals surface area contributed by atoms with Gasteiger partial charge in [-0.1, -0.05) is 13.8 Å². The molecule has 0 saturated carbocycles. The van der Waals surface area contributed by atoms with Crippen LogP contribution in [0, 0.1) is 17.2 Å². The van der Waals surface area contributed by atoms with E-state index in [1.165, 1.54) is 24.5 Å².